The van der Waals surface area contributed by atoms with Crippen LogP contribution < -0.4 is 20.7 Å². The number of halogens is 1. The van der Waals surface area contributed by atoms with Crippen LogP contribution in [0.5, 0.6) is 11.5 Å². The number of methoxy groups -OCH3 is 1. The fraction of sp³-hybridized carbons (Fsp3) is 0.200. The molecule has 2 aromatic carbocycles. The lowest BCUT2D eigenvalue weighted by Crippen LogP contribution is -2.46. The number of phenolic OH excluding ortho intramolecular Hbond substituents is 1. The smallest absolute Gasteiger partial charge is 0.319 e. The Balaban J connectivity index is 2.03. The first-order valence-electron chi connectivity index (χ1n) is 8.53. The number of allylic oxidation sites excluding steroid dienone is 1. The molecule has 2 aromatic rings. The molecule has 0 spiro atoms. The average molecular weight is 446 g/mol. The van der Waals surface area contributed by atoms with E-state index in [-0.39, 0.29) is 17.4 Å². The highest BCUT2D eigenvalue weighted by atomic mass is 79.9. The lowest BCUT2D eigenvalue weighted by molar-refractivity contribution is -0.113. The summed E-state index contributed by atoms with van der Waals surface area (Å²) in [7, 11) is 1.43. The number of carbonyl (C=O) groups excluding carboxylic acids is 2. The summed E-state index contributed by atoms with van der Waals surface area (Å²) in [6.45, 7) is 3.57. The van der Waals surface area contributed by atoms with E-state index in [0.29, 0.717) is 27.0 Å². The van der Waals surface area contributed by atoms with Gasteiger partial charge in [-0.1, -0.05) is 18.2 Å². The van der Waals surface area contributed by atoms with Gasteiger partial charge in [-0.2, -0.15) is 0 Å². The minimum atomic E-state index is -0.719. The van der Waals surface area contributed by atoms with E-state index in [9.17, 15) is 14.7 Å². The second kappa shape index (κ2) is 7.93. The molecule has 0 bridgehead atoms. The first-order chi connectivity index (χ1) is 13.3. The number of hydrogen-bond donors (Lipinski definition) is 4. The quantitative estimate of drug-likeness (QED) is 0.575. The Morgan fingerprint density at radius 2 is 1.96 bits per heavy atom. The Bertz CT molecular complexity index is 987. The molecule has 0 radical (unpaired) electrons. The number of para-hydroxylation sites is 1. The van der Waals surface area contributed by atoms with Gasteiger partial charge in [0.25, 0.3) is 5.91 Å². The van der Waals surface area contributed by atoms with Gasteiger partial charge in [0.15, 0.2) is 11.5 Å². The Morgan fingerprint density at radius 1 is 1.25 bits per heavy atom. The van der Waals surface area contributed by atoms with Crippen molar-refractivity contribution in [1.29, 1.82) is 0 Å². The minimum Gasteiger partial charge on any atom is -0.503 e. The number of benzene rings is 2. The Hall–Kier alpha value is -3.00. The molecule has 0 fully saturated rings. The topological polar surface area (TPSA) is 99.7 Å². The van der Waals surface area contributed by atoms with Crippen LogP contribution in [0.15, 0.2) is 52.1 Å². The third-order valence-electron chi connectivity index (χ3n) is 4.51. The summed E-state index contributed by atoms with van der Waals surface area (Å²) in [5.74, 6) is -0.168. The predicted molar refractivity (Wildman–Crippen MR) is 109 cm³/mol. The van der Waals surface area contributed by atoms with Gasteiger partial charge >= 0.3 is 6.03 Å². The van der Waals surface area contributed by atoms with Crippen molar-refractivity contribution in [2.75, 3.05) is 12.4 Å². The molecule has 1 aliphatic heterocycles. The largest absolute Gasteiger partial charge is 0.503 e. The fourth-order valence-electron chi connectivity index (χ4n) is 3.06. The summed E-state index contributed by atoms with van der Waals surface area (Å²) in [5, 5.41) is 18.4. The van der Waals surface area contributed by atoms with Gasteiger partial charge in [0, 0.05) is 11.4 Å². The number of aromatic hydroxyl groups is 1. The normalized spacial score (nSPS) is 16.3. The first kappa shape index (κ1) is 19.8. The monoisotopic (exact) mass is 445 g/mol. The van der Waals surface area contributed by atoms with Crippen LogP contribution >= 0.6 is 15.9 Å². The second-order valence-electron chi connectivity index (χ2n) is 6.39. The van der Waals surface area contributed by atoms with Crippen molar-refractivity contribution in [3.8, 4) is 11.5 Å². The molecule has 0 aliphatic carbocycles. The summed E-state index contributed by atoms with van der Waals surface area (Å²) in [6, 6.07) is 9.53. The number of carbonyl (C=O) groups is 2. The van der Waals surface area contributed by atoms with Crippen molar-refractivity contribution in [2.24, 2.45) is 0 Å². The van der Waals surface area contributed by atoms with E-state index >= 15 is 0 Å². The Labute approximate surface area is 170 Å². The van der Waals surface area contributed by atoms with Gasteiger partial charge in [0.2, 0.25) is 0 Å². The molecule has 0 aromatic heterocycles. The summed E-state index contributed by atoms with van der Waals surface area (Å²) in [4.78, 5) is 25.1. The van der Waals surface area contributed by atoms with Crippen LogP contribution in [-0.4, -0.2) is 24.2 Å². The van der Waals surface area contributed by atoms with E-state index in [4.69, 9.17) is 4.74 Å². The van der Waals surface area contributed by atoms with Crippen LogP contribution in [0.1, 0.15) is 24.1 Å². The number of ether oxygens (including phenoxy) is 1. The highest BCUT2D eigenvalue weighted by molar-refractivity contribution is 9.10. The number of aryl methyl sites for hydroxylation is 1. The van der Waals surface area contributed by atoms with Gasteiger partial charge in [-0.05, 0) is 59.1 Å². The van der Waals surface area contributed by atoms with Crippen molar-refractivity contribution >= 4 is 33.6 Å². The molecule has 0 unspecified atom stereocenters. The molecule has 1 atom stereocenters. The van der Waals surface area contributed by atoms with Gasteiger partial charge in [0.1, 0.15) is 0 Å². The molecule has 8 heteroatoms. The van der Waals surface area contributed by atoms with Crippen LogP contribution in [0.4, 0.5) is 10.5 Å². The van der Waals surface area contributed by atoms with E-state index in [2.05, 4.69) is 31.9 Å². The summed E-state index contributed by atoms with van der Waals surface area (Å²) < 4.78 is 5.59. The van der Waals surface area contributed by atoms with Crippen molar-refractivity contribution in [2.45, 2.75) is 19.9 Å². The standard InChI is InChI=1S/C20H20BrN3O4/c1-10-6-4-5-7-14(10)23-19(26)16-11(2)22-20(27)24-17(16)12-8-13(21)18(25)15(9-12)28-3/h4-9,17,25H,1-3H3,(H,23,26)(H2,22,24,27)/t17-/m1/s1. The zero-order chi connectivity index (χ0) is 20.4. The van der Waals surface area contributed by atoms with E-state index in [1.807, 2.05) is 31.2 Å². The van der Waals surface area contributed by atoms with Crippen LogP contribution in [0.25, 0.3) is 0 Å². The SMILES string of the molecule is COc1cc([C@H]2NC(=O)NC(C)=C2C(=O)Nc2ccccc2C)cc(Br)c1O. The van der Waals surface area contributed by atoms with E-state index in [0.717, 1.165) is 5.56 Å². The molecule has 4 N–H and O–H groups in total. The zero-order valence-corrected chi connectivity index (χ0v) is 17.2. The lowest BCUT2D eigenvalue weighted by Gasteiger charge is -2.29. The molecule has 1 heterocycles. The molecular formula is C20H20BrN3O4. The number of rotatable bonds is 4. The number of phenols is 1. The Morgan fingerprint density at radius 3 is 2.64 bits per heavy atom. The van der Waals surface area contributed by atoms with Gasteiger partial charge < -0.3 is 25.8 Å². The maximum atomic E-state index is 13.1. The van der Waals surface area contributed by atoms with Crippen LogP contribution in [0.2, 0.25) is 0 Å². The van der Waals surface area contributed by atoms with Crippen molar-refractivity contribution in [3.63, 3.8) is 0 Å². The molecule has 0 saturated heterocycles. The van der Waals surface area contributed by atoms with E-state index in [1.165, 1.54) is 7.11 Å². The molecule has 146 valence electrons. The summed E-state index contributed by atoms with van der Waals surface area (Å²) in [5.41, 5.74) is 3.01. The molecule has 1 aliphatic rings. The summed E-state index contributed by atoms with van der Waals surface area (Å²) in [6.07, 6.45) is 0. The van der Waals surface area contributed by atoms with Crippen molar-refractivity contribution in [3.05, 3.63) is 63.3 Å². The van der Waals surface area contributed by atoms with Gasteiger partial charge in [-0.3, -0.25) is 4.79 Å². The maximum absolute atomic E-state index is 13.1. The maximum Gasteiger partial charge on any atom is 0.319 e. The number of urea groups is 1. The number of amides is 3. The lowest BCUT2D eigenvalue weighted by atomic mass is 9.94. The molecule has 7 nitrogen and oxygen atoms in total. The highest BCUT2D eigenvalue weighted by Crippen LogP contribution is 2.39. The van der Waals surface area contributed by atoms with Crippen molar-refractivity contribution < 1.29 is 19.4 Å². The van der Waals surface area contributed by atoms with Crippen LogP contribution in [0, 0.1) is 6.92 Å². The highest BCUT2D eigenvalue weighted by Gasteiger charge is 2.32. The average Bonchev–Trinajstić information content (AvgIpc) is 2.65. The predicted octanol–water partition coefficient (Wildman–Crippen LogP) is 3.74. The molecule has 28 heavy (non-hydrogen) atoms. The van der Waals surface area contributed by atoms with Gasteiger partial charge in [-0.15, -0.1) is 0 Å². The molecule has 0 saturated carbocycles. The van der Waals surface area contributed by atoms with E-state index < -0.39 is 12.1 Å². The Kier molecular flexibility index (Phi) is 5.60. The fourth-order valence-corrected chi connectivity index (χ4v) is 3.52. The van der Waals surface area contributed by atoms with Gasteiger partial charge in [0.05, 0.1) is 23.2 Å². The van der Waals surface area contributed by atoms with Crippen molar-refractivity contribution in [1.82, 2.24) is 10.6 Å². The minimum absolute atomic E-state index is 0.0573. The van der Waals surface area contributed by atoms with Gasteiger partial charge in [-0.25, -0.2) is 4.79 Å². The first-order valence-corrected chi connectivity index (χ1v) is 9.32. The van der Waals surface area contributed by atoms with Crippen LogP contribution in [-0.2, 0) is 4.79 Å². The third-order valence-corrected chi connectivity index (χ3v) is 5.12. The third kappa shape index (κ3) is 3.82. The number of hydrogen-bond acceptors (Lipinski definition) is 4. The molecule has 3 amide bonds. The zero-order valence-electron chi connectivity index (χ0n) is 15.6. The summed E-state index contributed by atoms with van der Waals surface area (Å²) >= 11 is 3.28. The van der Waals surface area contributed by atoms with E-state index in [1.54, 1.807) is 19.1 Å². The molecular weight excluding hydrogens is 426 g/mol. The van der Waals surface area contributed by atoms with Crippen LogP contribution in [0.3, 0.4) is 0 Å². The second-order valence-corrected chi connectivity index (χ2v) is 7.25. The molecule has 3 rings (SSSR count). The number of nitrogens with one attached hydrogen (secondary N) is 3. The number of anilines is 1.